The van der Waals surface area contributed by atoms with Gasteiger partial charge in [0, 0.05) is 43.0 Å². The highest BCUT2D eigenvalue weighted by Crippen LogP contribution is 2.60. The van der Waals surface area contributed by atoms with Crippen molar-refractivity contribution in [1.82, 2.24) is 14.9 Å². The van der Waals surface area contributed by atoms with Crippen molar-refractivity contribution in [3.63, 3.8) is 0 Å². The fourth-order valence-electron chi connectivity index (χ4n) is 9.01. The van der Waals surface area contributed by atoms with Gasteiger partial charge in [-0.2, -0.15) is 9.97 Å². The Morgan fingerprint density at radius 2 is 1.66 bits per heavy atom. The summed E-state index contributed by atoms with van der Waals surface area (Å²) in [5, 5.41) is 11.6. The number of β-amino-alcohol motifs (C(OH)–C–C–N with tert-alkyl or cyclic N) is 1. The molecule has 320 valence electrons. The third-order valence-corrected chi connectivity index (χ3v) is 18.1. The minimum atomic E-state index is -3.01. The van der Waals surface area contributed by atoms with Crippen molar-refractivity contribution in [3.8, 4) is 34.4 Å². The topological polar surface area (TPSA) is 89.4 Å². The number of nitrogens with zero attached hydrogens (tertiary/aromatic N) is 4. The highest BCUT2D eigenvalue weighted by Gasteiger charge is 2.71. The fourth-order valence-corrected chi connectivity index (χ4v) is 14.2. The Hall–Kier alpha value is -4.07. The maximum Gasteiger partial charge on any atom is 0.319 e. The molecule has 2 fully saturated rings. The first-order valence-corrected chi connectivity index (χ1v) is 22.2. The summed E-state index contributed by atoms with van der Waals surface area (Å²) in [7, 11) is 2.38. The fraction of sp³-hybridized carbons (Fsp3) is 0.545. The van der Waals surface area contributed by atoms with Crippen LogP contribution in [0, 0.1) is 34.3 Å². The molecule has 1 aromatic heterocycles. The van der Waals surface area contributed by atoms with Crippen LogP contribution in [0.15, 0.2) is 30.3 Å². The lowest BCUT2D eigenvalue weighted by atomic mass is 9.92. The van der Waals surface area contributed by atoms with E-state index in [9.17, 15) is 13.9 Å². The highest BCUT2D eigenvalue weighted by atomic mass is 28.3. The van der Waals surface area contributed by atoms with Crippen LogP contribution < -0.4 is 14.4 Å². The van der Waals surface area contributed by atoms with Crippen LogP contribution in [-0.2, 0) is 9.47 Å². The molecule has 1 saturated carbocycles. The van der Waals surface area contributed by atoms with Gasteiger partial charge in [0.2, 0.25) is 0 Å². The number of benzene rings is 3. The van der Waals surface area contributed by atoms with Gasteiger partial charge in [-0.3, -0.25) is 0 Å². The van der Waals surface area contributed by atoms with Crippen molar-refractivity contribution >= 4 is 35.6 Å². The molecule has 6 rings (SSSR count). The third kappa shape index (κ3) is 8.61. The number of fused-ring (bicyclic) bond motifs is 2. The molecule has 1 unspecified atom stereocenters. The van der Waals surface area contributed by atoms with Gasteiger partial charge in [-0.25, -0.2) is 22.0 Å². The molecule has 0 spiro atoms. The quantitative estimate of drug-likeness (QED) is 0.0614. The Morgan fingerprint density at radius 1 is 0.983 bits per heavy atom. The van der Waals surface area contributed by atoms with Gasteiger partial charge in [0.1, 0.15) is 49.0 Å². The molecule has 0 radical (unpaired) electrons. The van der Waals surface area contributed by atoms with Gasteiger partial charge in [0.25, 0.3) is 5.92 Å². The summed E-state index contributed by atoms with van der Waals surface area (Å²) >= 11 is 0. The van der Waals surface area contributed by atoms with E-state index in [2.05, 4.69) is 63.0 Å². The Balaban J connectivity index is 1.63. The van der Waals surface area contributed by atoms with Crippen LogP contribution in [0.5, 0.6) is 11.8 Å². The number of aromatic nitrogens is 2. The summed E-state index contributed by atoms with van der Waals surface area (Å²) in [4.78, 5) is 12.2. The summed E-state index contributed by atoms with van der Waals surface area (Å²) in [5.74, 6) is -2.40. The molecular formula is C44H55F5N4O5Si. The van der Waals surface area contributed by atoms with E-state index in [1.54, 1.807) is 36.9 Å². The summed E-state index contributed by atoms with van der Waals surface area (Å²) in [5.41, 5.74) is 0.375. The van der Waals surface area contributed by atoms with Crippen molar-refractivity contribution in [3.05, 3.63) is 53.3 Å². The maximum absolute atomic E-state index is 17.6. The predicted octanol–water partition coefficient (Wildman–Crippen LogP) is 8.97. The van der Waals surface area contributed by atoms with Crippen LogP contribution in [-0.4, -0.2) is 107 Å². The molecule has 0 amide bonds. The molecule has 3 aromatic carbocycles. The van der Waals surface area contributed by atoms with E-state index in [1.807, 2.05) is 0 Å². The number of alkyl halides is 2. The Labute approximate surface area is 344 Å². The summed E-state index contributed by atoms with van der Waals surface area (Å²) in [6.45, 7) is 14.0. The van der Waals surface area contributed by atoms with Crippen LogP contribution in [0.1, 0.15) is 60.5 Å². The van der Waals surface area contributed by atoms with E-state index in [0.29, 0.717) is 5.39 Å². The molecular weight excluding hydrogens is 788 g/mol. The average molecular weight is 843 g/mol. The lowest BCUT2D eigenvalue weighted by Gasteiger charge is -2.38. The molecule has 1 N–H and O–H groups in total. The zero-order chi connectivity index (χ0) is 43.2. The first-order valence-electron chi connectivity index (χ1n) is 20.0. The second-order valence-corrected chi connectivity index (χ2v) is 23.2. The van der Waals surface area contributed by atoms with Crippen molar-refractivity contribution in [1.29, 1.82) is 0 Å². The van der Waals surface area contributed by atoms with Gasteiger partial charge in [-0.1, -0.05) is 53.5 Å². The van der Waals surface area contributed by atoms with Crippen molar-refractivity contribution in [2.45, 2.75) is 83.0 Å². The lowest BCUT2D eigenvalue weighted by molar-refractivity contribution is -0.0123. The maximum atomic E-state index is 17.6. The SMILES string of the molecule is COCOc1cc(-c2c(F)cc3c(N4CCOCC(C)(O)C4)nc(OC[C@]4(CN(C)C)CC4(F)F)nc3c2F)c2c(C#C[Si](C(C)C)(C(C)C)C(C)C)c(F)ccc2c1. The largest absolute Gasteiger partial charge is 0.468 e. The lowest BCUT2D eigenvalue weighted by Crippen LogP contribution is -2.43. The molecule has 2 aliphatic rings. The number of anilines is 1. The number of hydrogen-bond acceptors (Lipinski definition) is 9. The first kappa shape index (κ1) is 44.5. The van der Waals surface area contributed by atoms with Crippen LogP contribution >= 0.6 is 0 Å². The molecule has 2 heterocycles. The van der Waals surface area contributed by atoms with Gasteiger partial charge in [-0.05, 0) is 67.3 Å². The van der Waals surface area contributed by atoms with E-state index < -0.39 is 67.1 Å². The van der Waals surface area contributed by atoms with Crippen molar-refractivity contribution in [2.24, 2.45) is 5.41 Å². The van der Waals surface area contributed by atoms with Crippen molar-refractivity contribution in [2.75, 3.05) is 72.4 Å². The van der Waals surface area contributed by atoms with Gasteiger partial charge in [-0.15, -0.1) is 5.54 Å². The van der Waals surface area contributed by atoms with E-state index in [4.69, 9.17) is 18.9 Å². The Bertz CT molecular complexity index is 2260. The van der Waals surface area contributed by atoms with Gasteiger partial charge in [0.15, 0.2) is 12.6 Å². The van der Waals surface area contributed by atoms with Gasteiger partial charge in [0.05, 0.1) is 36.3 Å². The normalized spacial score (nSPS) is 20.8. The number of methoxy groups -OCH3 is 1. The van der Waals surface area contributed by atoms with E-state index in [0.717, 1.165) is 6.07 Å². The number of ether oxygens (including phenoxy) is 4. The summed E-state index contributed by atoms with van der Waals surface area (Å²) < 4.78 is 103. The zero-order valence-corrected chi connectivity index (χ0v) is 36.5. The number of aliphatic hydroxyl groups is 1. The molecule has 4 aromatic rings. The summed E-state index contributed by atoms with van der Waals surface area (Å²) in [6, 6.07) is 6.51. The molecule has 59 heavy (non-hydrogen) atoms. The third-order valence-electron chi connectivity index (χ3n) is 11.8. The van der Waals surface area contributed by atoms with Crippen molar-refractivity contribution < 1.29 is 46.0 Å². The first-order chi connectivity index (χ1) is 27.7. The second-order valence-electron chi connectivity index (χ2n) is 17.6. The standard InChI is InChI=1S/C44H55F5N4O5Si/c1-26(2)59(27(3)4,28(5)6)16-13-31-34(45)12-11-29-17-30(58-25-55-10)18-32(36(29)31)37-35(46)19-33-39(38(37)47)50-41(57-24-43(22-52(8)9)20-44(43,48)49)51-40(33)53-14-15-56-23-42(7,54)21-53/h11-12,17-19,26-28,54H,14-15,20-25H2,1-10H3/t42?,43-/m1/s1. The van der Waals surface area contributed by atoms with E-state index in [1.165, 1.54) is 25.3 Å². The smallest absolute Gasteiger partial charge is 0.319 e. The van der Waals surface area contributed by atoms with Crippen LogP contribution in [0.4, 0.5) is 27.8 Å². The number of rotatable bonds is 13. The number of hydrogen-bond donors (Lipinski definition) is 1. The zero-order valence-electron chi connectivity index (χ0n) is 35.5. The minimum absolute atomic E-state index is 0.00363. The minimum Gasteiger partial charge on any atom is -0.468 e. The Morgan fingerprint density at radius 3 is 2.27 bits per heavy atom. The average Bonchev–Trinajstić information content (AvgIpc) is 3.74. The number of halogens is 5. The monoisotopic (exact) mass is 842 g/mol. The van der Waals surface area contributed by atoms with Crippen LogP contribution in [0.25, 0.3) is 32.8 Å². The second kappa shape index (κ2) is 16.8. The molecule has 0 bridgehead atoms. The Kier molecular flexibility index (Phi) is 12.6. The van der Waals surface area contributed by atoms with Crippen LogP contribution in [0.2, 0.25) is 16.6 Å². The molecule has 1 aliphatic heterocycles. The van der Waals surface area contributed by atoms with Gasteiger partial charge < -0.3 is 33.9 Å². The van der Waals surface area contributed by atoms with Gasteiger partial charge >= 0.3 is 6.01 Å². The van der Waals surface area contributed by atoms with E-state index in [-0.39, 0.29) is 95.2 Å². The summed E-state index contributed by atoms with van der Waals surface area (Å²) in [6.07, 6.45) is -0.417. The molecule has 1 saturated heterocycles. The van der Waals surface area contributed by atoms with Crippen LogP contribution in [0.3, 0.4) is 0 Å². The predicted molar refractivity (Wildman–Crippen MR) is 222 cm³/mol. The molecule has 2 atom stereocenters. The molecule has 9 nitrogen and oxygen atoms in total. The molecule has 15 heteroatoms. The van der Waals surface area contributed by atoms with E-state index >= 15 is 13.2 Å². The molecule has 1 aliphatic carbocycles. The highest BCUT2D eigenvalue weighted by molar-refractivity contribution is 6.90.